The molecule has 19 heavy (non-hydrogen) atoms. The van der Waals surface area contributed by atoms with Crippen molar-refractivity contribution in [3.63, 3.8) is 0 Å². The van der Waals surface area contributed by atoms with E-state index in [1.807, 2.05) is 12.3 Å². The zero-order chi connectivity index (χ0) is 13.2. The summed E-state index contributed by atoms with van der Waals surface area (Å²) in [7, 11) is 0. The third-order valence-electron chi connectivity index (χ3n) is 4.68. The van der Waals surface area contributed by atoms with Crippen molar-refractivity contribution in [3.05, 3.63) is 22.5 Å². The van der Waals surface area contributed by atoms with Crippen LogP contribution in [-0.2, 0) is 0 Å². The molecule has 0 amide bonds. The van der Waals surface area contributed by atoms with E-state index in [1.54, 1.807) is 0 Å². The summed E-state index contributed by atoms with van der Waals surface area (Å²) in [6.07, 6.45) is 8.64. The number of hydrogen-bond acceptors (Lipinski definition) is 3. The molecule has 0 aromatic carbocycles. The molecule has 0 bridgehead atoms. The number of fused-ring (bicyclic) bond motifs is 1. The van der Waals surface area contributed by atoms with Crippen LogP contribution in [0.1, 0.15) is 37.7 Å². The highest BCUT2D eigenvalue weighted by Gasteiger charge is 2.31. The van der Waals surface area contributed by atoms with Gasteiger partial charge in [0.05, 0.1) is 5.69 Å². The maximum absolute atomic E-state index is 9.30. The van der Waals surface area contributed by atoms with E-state index in [-0.39, 0.29) is 0 Å². The Balaban J connectivity index is 1.86. The van der Waals surface area contributed by atoms with Crippen LogP contribution < -0.4 is 4.90 Å². The Hall–Kier alpha value is -1.34. The smallest absolute Gasteiger partial charge is 0.123 e. The highest BCUT2D eigenvalue weighted by molar-refractivity contribution is 7.71. The first kappa shape index (κ1) is 12.7. The molecule has 1 saturated heterocycles. The Labute approximate surface area is 119 Å². The molecule has 2 aliphatic rings. The zero-order valence-electron chi connectivity index (χ0n) is 11.1. The SMILES string of the molecule is N#Cc1c(N2CC[C@@H]3CCCC[C@H]3C2)cc[nH]c1=S. The van der Waals surface area contributed by atoms with Gasteiger partial charge in [-0.1, -0.05) is 31.5 Å². The van der Waals surface area contributed by atoms with Gasteiger partial charge in [-0.3, -0.25) is 0 Å². The second-order valence-electron chi connectivity index (χ2n) is 5.72. The summed E-state index contributed by atoms with van der Waals surface area (Å²) in [5, 5.41) is 9.30. The van der Waals surface area contributed by atoms with E-state index in [0.717, 1.165) is 30.6 Å². The highest BCUT2D eigenvalue weighted by atomic mass is 32.1. The molecule has 1 aliphatic carbocycles. The van der Waals surface area contributed by atoms with Crippen LogP contribution in [0.3, 0.4) is 0 Å². The molecule has 0 spiro atoms. The van der Waals surface area contributed by atoms with Crippen LogP contribution in [0.5, 0.6) is 0 Å². The lowest BCUT2D eigenvalue weighted by atomic mass is 9.75. The first-order valence-electron chi connectivity index (χ1n) is 7.16. The number of nitrogens with one attached hydrogen (secondary N) is 1. The predicted molar refractivity (Wildman–Crippen MR) is 78.6 cm³/mol. The number of nitrogens with zero attached hydrogens (tertiary/aromatic N) is 2. The van der Waals surface area contributed by atoms with Crippen LogP contribution >= 0.6 is 12.2 Å². The molecule has 1 aromatic rings. The lowest BCUT2D eigenvalue weighted by Crippen LogP contribution is -2.42. The standard InChI is InChI=1S/C15H19N3S/c16-9-13-14(5-7-17-15(13)19)18-8-6-11-3-1-2-4-12(11)10-18/h5,7,11-12H,1-4,6,8,10H2,(H,17,19)/t11-,12-/m0/s1. The summed E-state index contributed by atoms with van der Waals surface area (Å²) in [5.41, 5.74) is 1.65. The Morgan fingerprint density at radius 1 is 1.26 bits per heavy atom. The molecule has 2 heterocycles. The number of piperidine rings is 1. The monoisotopic (exact) mass is 273 g/mol. The summed E-state index contributed by atoms with van der Waals surface area (Å²) in [5.74, 6) is 1.72. The number of hydrogen-bond donors (Lipinski definition) is 1. The second kappa shape index (κ2) is 5.34. The quantitative estimate of drug-likeness (QED) is 0.794. The van der Waals surface area contributed by atoms with Gasteiger partial charge in [0.2, 0.25) is 0 Å². The number of anilines is 1. The fourth-order valence-corrected chi connectivity index (χ4v) is 3.88. The normalized spacial score (nSPS) is 26.6. The van der Waals surface area contributed by atoms with E-state index < -0.39 is 0 Å². The van der Waals surface area contributed by atoms with Gasteiger partial charge in [0, 0.05) is 19.3 Å². The third kappa shape index (κ3) is 2.40. The minimum absolute atomic E-state index is 0.561. The number of pyridine rings is 1. The molecule has 0 unspecified atom stereocenters. The maximum Gasteiger partial charge on any atom is 0.123 e. The average molecular weight is 273 g/mol. The van der Waals surface area contributed by atoms with Gasteiger partial charge in [0.15, 0.2) is 0 Å². The van der Waals surface area contributed by atoms with Crippen molar-refractivity contribution in [2.45, 2.75) is 32.1 Å². The summed E-state index contributed by atoms with van der Waals surface area (Å²) >= 11 is 5.22. The summed E-state index contributed by atoms with van der Waals surface area (Å²) in [6.45, 7) is 2.16. The van der Waals surface area contributed by atoms with E-state index in [0.29, 0.717) is 10.2 Å². The fraction of sp³-hybridized carbons (Fsp3) is 0.600. The van der Waals surface area contributed by atoms with Gasteiger partial charge in [-0.25, -0.2) is 0 Å². The van der Waals surface area contributed by atoms with Crippen molar-refractivity contribution in [2.24, 2.45) is 11.8 Å². The predicted octanol–water partition coefficient (Wildman–Crippen LogP) is 3.63. The van der Waals surface area contributed by atoms with Crippen molar-refractivity contribution in [3.8, 4) is 6.07 Å². The van der Waals surface area contributed by atoms with Crippen LogP contribution in [0.2, 0.25) is 0 Å². The minimum atomic E-state index is 0.561. The molecular weight excluding hydrogens is 254 g/mol. The Morgan fingerprint density at radius 2 is 2.05 bits per heavy atom. The molecule has 1 saturated carbocycles. The summed E-state index contributed by atoms with van der Waals surface area (Å²) in [6, 6.07) is 4.25. The minimum Gasteiger partial charge on any atom is -0.370 e. The first-order valence-corrected chi connectivity index (χ1v) is 7.57. The zero-order valence-corrected chi connectivity index (χ0v) is 11.9. The topological polar surface area (TPSA) is 42.8 Å². The fourth-order valence-electron chi connectivity index (χ4n) is 3.66. The molecule has 1 aliphatic heterocycles. The number of aromatic amines is 1. The van der Waals surface area contributed by atoms with Crippen LogP contribution in [0.15, 0.2) is 12.3 Å². The summed E-state index contributed by atoms with van der Waals surface area (Å²) in [4.78, 5) is 5.32. The van der Waals surface area contributed by atoms with Crippen LogP contribution in [0, 0.1) is 27.8 Å². The molecule has 4 heteroatoms. The molecule has 100 valence electrons. The van der Waals surface area contributed by atoms with Crippen LogP contribution in [-0.4, -0.2) is 18.1 Å². The molecular formula is C15H19N3S. The molecule has 3 rings (SSSR count). The molecule has 1 N–H and O–H groups in total. The van der Waals surface area contributed by atoms with Crippen molar-refractivity contribution in [2.75, 3.05) is 18.0 Å². The third-order valence-corrected chi connectivity index (χ3v) is 5.00. The van der Waals surface area contributed by atoms with E-state index in [9.17, 15) is 5.26 Å². The van der Waals surface area contributed by atoms with Gasteiger partial charge in [-0.15, -0.1) is 0 Å². The molecule has 2 atom stereocenters. The van der Waals surface area contributed by atoms with Gasteiger partial charge in [-0.2, -0.15) is 5.26 Å². The lowest BCUT2D eigenvalue weighted by molar-refractivity contribution is 0.202. The number of rotatable bonds is 1. The molecule has 2 fully saturated rings. The average Bonchev–Trinajstić information content (AvgIpc) is 2.46. The molecule has 0 radical (unpaired) electrons. The highest BCUT2D eigenvalue weighted by Crippen LogP contribution is 2.38. The van der Waals surface area contributed by atoms with Gasteiger partial charge < -0.3 is 9.88 Å². The van der Waals surface area contributed by atoms with Gasteiger partial charge in [0.25, 0.3) is 0 Å². The Kier molecular flexibility index (Phi) is 3.56. The lowest BCUT2D eigenvalue weighted by Gasteiger charge is -2.42. The van der Waals surface area contributed by atoms with Crippen molar-refractivity contribution < 1.29 is 0 Å². The van der Waals surface area contributed by atoms with Gasteiger partial charge >= 0.3 is 0 Å². The van der Waals surface area contributed by atoms with Crippen molar-refractivity contribution >= 4 is 17.9 Å². The van der Waals surface area contributed by atoms with Crippen molar-refractivity contribution in [1.82, 2.24) is 4.98 Å². The van der Waals surface area contributed by atoms with Crippen LogP contribution in [0.25, 0.3) is 0 Å². The number of H-pyrrole nitrogens is 1. The number of aromatic nitrogens is 1. The Bertz CT molecular complexity index is 557. The van der Waals surface area contributed by atoms with Crippen molar-refractivity contribution in [1.29, 1.82) is 5.26 Å². The Morgan fingerprint density at radius 3 is 2.84 bits per heavy atom. The van der Waals surface area contributed by atoms with Crippen LogP contribution in [0.4, 0.5) is 5.69 Å². The maximum atomic E-state index is 9.30. The summed E-state index contributed by atoms with van der Waals surface area (Å²) < 4.78 is 0.561. The molecule has 1 aromatic heterocycles. The molecule has 3 nitrogen and oxygen atoms in total. The van der Waals surface area contributed by atoms with E-state index in [1.165, 1.54) is 32.1 Å². The van der Waals surface area contributed by atoms with E-state index >= 15 is 0 Å². The van der Waals surface area contributed by atoms with E-state index in [4.69, 9.17) is 12.2 Å². The second-order valence-corrected chi connectivity index (χ2v) is 6.13. The van der Waals surface area contributed by atoms with Gasteiger partial charge in [-0.05, 0) is 30.7 Å². The van der Waals surface area contributed by atoms with Gasteiger partial charge in [0.1, 0.15) is 16.3 Å². The number of nitriles is 1. The first-order chi connectivity index (χ1) is 9.29. The van der Waals surface area contributed by atoms with E-state index in [2.05, 4.69) is 16.0 Å². The largest absolute Gasteiger partial charge is 0.370 e.